The SMILES string of the molecule is Cn1c(-c2ccoc2)nnc1C(S)c1noc(-c2cc(Cl)ccc2F)n1. The third kappa shape index (κ3) is 2.89. The molecule has 3 aromatic heterocycles. The van der Waals surface area contributed by atoms with Gasteiger partial charge in [0, 0.05) is 12.1 Å². The van der Waals surface area contributed by atoms with E-state index in [1.54, 1.807) is 30.2 Å². The highest BCUT2D eigenvalue weighted by Crippen LogP contribution is 2.30. The molecule has 7 nitrogen and oxygen atoms in total. The number of halogens is 2. The molecule has 1 unspecified atom stereocenters. The zero-order valence-corrected chi connectivity index (χ0v) is 14.9. The fourth-order valence-corrected chi connectivity index (χ4v) is 2.96. The van der Waals surface area contributed by atoms with Crippen LogP contribution in [-0.4, -0.2) is 24.9 Å². The number of nitrogens with zero attached hydrogens (tertiary/aromatic N) is 5. The van der Waals surface area contributed by atoms with Crippen molar-refractivity contribution in [2.75, 3.05) is 0 Å². The van der Waals surface area contributed by atoms with Crippen LogP contribution in [0.5, 0.6) is 0 Å². The minimum atomic E-state index is -0.618. The topological polar surface area (TPSA) is 82.8 Å². The molecular formula is C16H11ClFN5O2S. The van der Waals surface area contributed by atoms with Crippen LogP contribution in [0.3, 0.4) is 0 Å². The lowest BCUT2D eigenvalue weighted by atomic mass is 10.2. The molecule has 0 spiro atoms. The zero-order valence-electron chi connectivity index (χ0n) is 13.3. The molecule has 3 heterocycles. The smallest absolute Gasteiger partial charge is 0.261 e. The summed E-state index contributed by atoms with van der Waals surface area (Å²) in [7, 11) is 1.79. The highest BCUT2D eigenvalue weighted by Gasteiger charge is 2.24. The quantitative estimate of drug-likeness (QED) is 0.530. The van der Waals surface area contributed by atoms with E-state index in [9.17, 15) is 4.39 Å². The number of furan rings is 1. The minimum Gasteiger partial charge on any atom is -0.472 e. The maximum Gasteiger partial charge on any atom is 0.261 e. The third-order valence-electron chi connectivity index (χ3n) is 3.78. The first-order chi connectivity index (χ1) is 12.5. The molecule has 0 saturated carbocycles. The third-order valence-corrected chi connectivity index (χ3v) is 4.47. The van der Waals surface area contributed by atoms with Crippen molar-refractivity contribution in [2.45, 2.75) is 5.25 Å². The van der Waals surface area contributed by atoms with Gasteiger partial charge in [0.1, 0.15) is 17.3 Å². The first kappa shape index (κ1) is 16.8. The van der Waals surface area contributed by atoms with E-state index in [-0.39, 0.29) is 17.3 Å². The van der Waals surface area contributed by atoms with Gasteiger partial charge in [-0.25, -0.2) is 4.39 Å². The maximum absolute atomic E-state index is 14.0. The van der Waals surface area contributed by atoms with Crippen LogP contribution < -0.4 is 0 Å². The average Bonchev–Trinajstić information content (AvgIpc) is 3.36. The number of hydrogen-bond acceptors (Lipinski definition) is 7. The molecule has 0 radical (unpaired) electrons. The molecular weight excluding hydrogens is 381 g/mol. The van der Waals surface area contributed by atoms with Gasteiger partial charge in [-0.15, -0.1) is 10.2 Å². The second-order valence-corrected chi connectivity index (χ2v) is 6.39. The summed E-state index contributed by atoms with van der Waals surface area (Å²) in [5.74, 6) is 0.843. The van der Waals surface area contributed by atoms with Crippen LogP contribution in [0, 0.1) is 5.82 Å². The predicted octanol–water partition coefficient (Wildman–Crippen LogP) is 3.94. The van der Waals surface area contributed by atoms with Crippen LogP contribution in [0.2, 0.25) is 5.02 Å². The number of thiol groups is 1. The molecule has 0 bridgehead atoms. The Hall–Kier alpha value is -2.65. The number of aromatic nitrogens is 5. The fraction of sp³-hybridized carbons (Fsp3) is 0.125. The van der Waals surface area contributed by atoms with E-state index in [0.29, 0.717) is 16.7 Å². The van der Waals surface area contributed by atoms with Crippen molar-refractivity contribution in [1.82, 2.24) is 24.9 Å². The molecule has 0 N–H and O–H groups in total. The van der Waals surface area contributed by atoms with Gasteiger partial charge >= 0.3 is 0 Å². The Morgan fingerprint density at radius 2 is 2.12 bits per heavy atom. The van der Waals surface area contributed by atoms with Crippen LogP contribution in [0.15, 0.2) is 45.7 Å². The van der Waals surface area contributed by atoms with Crippen molar-refractivity contribution in [3.63, 3.8) is 0 Å². The molecule has 0 aliphatic rings. The van der Waals surface area contributed by atoms with Crippen LogP contribution in [0.25, 0.3) is 22.8 Å². The van der Waals surface area contributed by atoms with Gasteiger partial charge < -0.3 is 13.5 Å². The fourth-order valence-electron chi connectivity index (χ4n) is 2.45. The molecule has 0 saturated heterocycles. The molecule has 0 aliphatic heterocycles. The number of rotatable bonds is 4. The lowest BCUT2D eigenvalue weighted by Crippen LogP contribution is -2.05. The second-order valence-electron chi connectivity index (χ2n) is 5.44. The van der Waals surface area contributed by atoms with Gasteiger partial charge in [0.05, 0.1) is 17.4 Å². The van der Waals surface area contributed by atoms with Gasteiger partial charge in [0.15, 0.2) is 17.5 Å². The Morgan fingerprint density at radius 3 is 2.88 bits per heavy atom. The Labute approximate surface area is 157 Å². The van der Waals surface area contributed by atoms with Gasteiger partial charge in [0.2, 0.25) is 0 Å². The summed E-state index contributed by atoms with van der Waals surface area (Å²) < 4.78 is 26.0. The first-order valence-corrected chi connectivity index (χ1v) is 8.33. The van der Waals surface area contributed by atoms with Gasteiger partial charge in [-0.05, 0) is 24.3 Å². The normalized spacial score (nSPS) is 12.5. The van der Waals surface area contributed by atoms with Gasteiger partial charge in [-0.3, -0.25) is 0 Å². The summed E-state index contributed by atoms with van der Waals surface area (Å²) in [4.78, 5) is 4.22. The first-order valence-electron chi connectivity index (χ1n) is 7.43. The van der Waals surface area contributed by atoms with Crippen molar-refractivity contribution in [3.8, 4) is 22.8 Å². The lowest BCUT2D eigenvalue weighted by Gasteiger charge is -2.06. The van der Waals surface area contributed by atoms with E-state index < -0.39 is 11.1 Å². The van der Waals surface area contributed by atoms with Crippen LogP contribution in [-0.2, 0) is 7.05 Å². The van der Waals surface area contributed by atoms with E-state index in [0.717, 1.165) is 5.56 Å². The Bertz CT molecular complexity index is 1060. The molecule has 1 aromatic carbocycles. The Morgan fingerprint density at radius 1 is 1.27 bits per heavy atom. The molecule has 0 fully saturated rings. The molecule has 1 atom stereocenters. The van der Waals surface area contributed by atoms with Crippen molar-refractivity contribution in [1.29, 1.82) is 0 Å². The monoisotopic (exact) mass is 391 g/mol. The Kier molecular flexibility index (Phi) is 4.25. The number of hydrogen-bond donors (Lipinski definition) is 1. The van der Waals surface area contributed by atoms with E-state index >= 15 is 0 Å². The molecule has 4 rings (SSSR count). The molecule has 4 aromatic rings. The van der Waals surface area contributed by atoms with Crippen LogP contribution >= 0.6 is 24.2 Å². The second kappa shape index (κ2) is 6.58. The lowest BCUT2D eigenvalue weighted by molar-refractivity contribution is 0.420. The zero-order chi connectivity index (χ0) is 18.3. The van der Waals surface area contributed by atoms with E-state index in [4.69, 9.17) is 20.5 Å². The van der Waals surface area contributed by atoms with Gasteiger partial charge in [-0.1, -0.05) is 16.8 Å². The standard InChI is InChI=1S/C16H11ClFN5O2S/c1-23-14(8-4-5-24-7-8)20-21-15(23)12(26)13-19-16(25-22-13)10-6-9(17)2-3-11(10)18/h2-7,12,26H,1H3. The highest BCUT2D eigenvalue weighted by atomic mass is 35.5. The summed E-state index contributed by atoms with van der Waals surface area (Å²) in [6, 6.07) is 5.87. The predicted molar refractivity (Wildman–Crippen MR) is 94.2 cm³/mol. The summed E-state index contributed by atoms with van der Waals surface area (Å²) >= 11 is 10.4. The molecule has 0 amide bonds. The average molecular weight is 392 g/mol. The van der Waals surface area contributed by atoms with E-state index in [2.05, 4.69) is 33.0 Å². The summed E-state index contributed by atoms with van der Waals surface area (Å²) in [6.45, 7) is 0. The molecule has 26 heavy (non-hydrogen) atoms. The maximum atomic E-state index is 14.0. The van der Waals surface area contributed by atoms with Crippen LogP contribution in [0.1, 0.15) is 16.9 Å². The highest BCUT2D eigenvalue weighted by molar-refractivity contribution is 7.80. The van der Waals surface area contributed by atoms with Crippen molar-refractivity contribution in [2.24, 2.45) is 7.05 Å². The number of benzene rings is 1. The summed E-state index contributed by atoms with van der Waals surface area (Å²) in [6.07, 6.45) is 3.11. The Balaban J connectivity index is 1.67. The van der Waals surface area contributed by atoms with Crippen molar-refractivity contribution in [3.05, 3.63) is 59.3 Å². The van der Waals surface area contributed by atoms with Crippen molar-refractivity contribution < 1.29 is 13.3 Å². The van der Waals surface area contributed by atoms with E-state index in [1.165, 1.54) is 18.2 Å². The molecule has 132 valence electrons. The van der Waals surface area contributed by atoms with Crippen molar-refractivity contribution >= 4 is 24.2 Å². The summed E-state index contributed by atoms with van der Waals surface area (Å²) in [5.41, 5.74) is 0.899. The molecule has 10 heteroatoms. The van der Waals surface area contributed by atoms with Gasteiger partial charge in [-0.2, -0.15) is 17.6 Å². The largest absolute Gasteiger partial charge is 0.472 e. The minimum absolute atomic E-state index is 0.0104. The summed E-state index contributed by atoms with van der Waals surface area (Å²) in [5, 5.41) is 11.9. The van der Waals surface area contributed by atoms with Gasteiger partial charge in [0.25, 0.3) is 5.89 Å². The van der Waals surface area contributed by atoms with E-state index in [1.807, 2.05) is 0 Å². The van der Waals surface area contributed by atoms with Crippen LogP contribution in [0.4, 0.5) is 4.39 Å². The molecule has 0 aliphatic carbocycles.